The Kier molecular flexibility index (Phi) is 3.87. The molecule has 0 saturated carbocycles. The first-order valence-electron chi connectivity index (χ1n) is 4.99. The maximum atomic E-state index is 5.09. The average molecular weight is 295 g/mol. The highest BCUT2D eigenvalue weighted by Crippen LogP contribution is 2.21. The minimum absolute atomic E-state index is 0.511. The first kappa shape index (κ1) is 11.8. The van der Waals surface area contributed by atoms with E-state index in [0.29, 0.717) is 18.4 Å². The summed E-state index contributed by atoms with van der Waals surface area (Å²) >= 11 is 3.30. The molecule has 1 N–H and O–H groups in total. The number of nitrogens with one attached hydrogen (secondary N) is 1. The summed E-state index contributed by atoms with van der Waals surface area (Å²) in [6.45, 7) is 0.646. The van der Waals surface area contributed by atoms with Crippen LogP contribution in [0.25, 0.3) is 0 Å². The quantitative estimate of drug-likeness (QED) is 0.937. The Morgan fingerprint density at radius 1 is 1.35 bits per heavy atom. The van der Waals surface area contributed by atoms with Crippen molar-refractivity contribution in [1.82, 2.24) is 15.0 Å². The monoisotopic (exact) mass is 294 g/mol. The minimum Gasteiger partial charge on any atom is -0.480 e. The molecule has 0 saturated heterocycles. The van der Waals surface area contributed by atoms with Crippen molar-refractivity contribution in [3.05, 3.63) is 40.8 Å². The predicted molar refractivity (Wildman–Crippen MR) is 67.8 cm³/mol. The van der Waals surface area contributed by atoms with Crippen LogP contribution in [0.3, 0.4) is 0 Å². The van der Waals surface area contributed by atoms with E-state index in [4.69, 9.17) is 4.74 Å². The molecule has 0 aromatic carbocycles. The molecule has 0 fully saturated rings. The van der Waals surface area contributed by atoms with Crippen LogP contribution in [0.15, 0.2) is 35.2 Å². The van der Waals surface area contributed by atoms with Gasteiger partial charge in [0.1, 0.15) is 0 Å². The third-order valence-electron chi connectivity index (χ3n) is 2.11. The molecule has 0 spiro atoms. The largest absolute Gasteiger partial charge is 0.480 e. The van der Waals surface area contributed by atoms with Crippen LogP contribution in [0, 0.1) is 0 Å². The van der Waals surface area contributed by atoms with Crippen LogP contribution in [0.1, 0.15) is 5.56 Å². The molecule has 0 radical (unpaired) electrons. The summed E-state index contributed by atoms with van der Waals surface area (Å²) in [5, 5.41) is 3.11. The molecule has 88 valence electrons. The number of halogens is 1. The second-order valence-corrected chi connectivity index (χ2v) is 4.11. The highest BCUT2D eigenvalue weighted by atomic mass is 79.9. The summed E-state index contributed by atoms with van der Waals surface area (Å²) in [5.41, 5.74) is 1.12. The lowest BCUT2D eigenvalue weighted by molar-refractivity contribution is 0.394. The molecule has 0 unspecified atom stereocenters. The van der Waals surface area contributed by atoms with Gasteiger partial charge in [-0.05, 0) is 33.6 Å². The summed E-state index contributed by atoms with van der Waals surface area (Å²) in [6, 6.07) is 3.87. The molecule has 17 heavy (non-hydrogen) atoms. The second kappa shape index (κ2) is 5.58. The summed E-state index contributed by atoms with van der Waals surface area (Å²) in [6.07, 6.45) is 5.15. The fourth-order valence-corrected chi connectivity index (χ4v) is 1.61. The predicted octanol–water partition coefficient (Wildman–Crippen LogP) is 2.25. The molecule has 2 aromatic heterocycles. The van der Waals surface area contributed by atoms with Crippen molar-refractivity contribution < 1.29 is 4.74 Å². The molecule has 5 nitrogen and oxygen atoms in total. The molecule has 0 atom stereocenters. The number of rotatable bonds is 4. The Bertz CT molecular complexity index is 492. The van der Waals surface area contributed by atoms with Gasteiger partial charge >= 0.3 is 0 Å². The van der Waals surface area contributed by atoms with Crippen LogP contribution in [0.2, 0.25) is 0 Å². The zero-order chi connectivity index (χ0) is 12.1. The maximum Gasteiger partial charge on any atom is 0.232 e. The molecule has 0 bridgehead atoms. The molecule has 0 aliphatic heterocycles. The molecule has 2 rings (SSSR count). The van der Waals surface area contributed by atoms with Crippen molar-refractivity contribution in [1.29, 1.82) is 0 Å². The zero-order valence-corrected chi connectivity index (χ0v) is 10.8. The number of nitrogens with zero attached hydrogens (tertiary/aromatic N) is 3. The van der Waals surface area contributed by atoms with Crippen molar-refractivity contribution >= 4 is 21.9 Å². The number of aromatic nitrogens is 3. The lowest BCUT2D eigenvalue weighted by Crippen LogP contribution is -2.04. The Morgan fingerprint density at radius 2 is 2.12 bits per heavy atom. The van der Waals surface area contributed by atoms with Gasteiger partial charge in [0.05, 0.1) is 17.8 Å². The van der Waals surface area contributed by atoms with Gasteiger partial charge in [0.25, 0.3) is 0 Å². The number of pyridine rings is 1. The summed E-state index contributed by atoms with van der Waals surface area (Å²) in [7, 11) is 1.57. The summed E-state index contributed by atoms with van der Waals surface area (Å²) in [5.74, 6) is 1.04. The Labute approximate surface area is 107 Å². The van der Waals surface area contributed by atoms with Crippen LogP contribution >= 0.6 is 15.9 Å². The molecule has 2 aromatic rings. The smallest absolute Gasteiger partial charge is 0.232 e. The molecule has 0 aliphatic carbocycles. The van der Waals surface area contributed by atoms with Gasteiger partial charge in [-0.3, -0.25) is 4.98 Å². The molecular weight excluding hydrogens is 284 g/mol. The van der Waals surface area contributed by atoms with E-state index in [2.05, 4.69) is 36.2 Å². The van der Waals surface area contributed by atoms with Gasteiger partial charge in [-0.15, -0.1) is 0 Å². The third kappa shape index (κ3) is 3.13. The molecular formula is C11H11BrN4O. The minimum atomic E-state index is 0.511. The molecule has 6 heteroatoms. The third-order valence-corrected chi connectivity index (χ3v) is 2.65. The van der Waals surface area contributed by atoms with Gasteiger partial charge in [-0.2, -0.15) is 4.98 Å². The number of hydrogen-bond donors (Lipinski definition) is 1. The van der Waals surface area contributed by atoms with Gasteiger partial charge in [-0.1, -0.05) is 0 Å². The van der Waals surface area contributed by atoms with Crippen LogP contribution in [-0.2, 0) is 6.54 Å². The Hall–Kier alpha value is -1.69. The number of ether oxygens (including phenoxy) is 1. The summed E-state index contributed by atoms with van der Waals surface area (Å²) < 4.78 is 5.82. The van der Waals surface area contributed by atoms with E-state index in [1.165, 1.54) is 0 Å². The van der Waals surface area contributed by atoms with Gasteiger partial charge < -0.3 is 10.1 Å². The first-order valence-corrected chi connectivity index (χ1v) is 5.78. The fourth-order valence-electron chi connectivity index (χ4n) is 1.26. The molecule has 0 amide bonds. The van der Waals surface area contributed by atoms with Gasteiger partial charge in [0, 0.05) is 18.9 Å². The van der Waals surface area contributed by atoms with Crippen LogP contribution < -0.4 is 10.1 Å². The van der Waals surface area contributed by atoms with Gasteiger partial charge in [0.15, 0.2) is 0 Å². The normalized spacial score (nSPS) is 10.0. The molecule has 0 aliphatic rings. The van der Waals surface area contributed by atoms with Crippen molar-refractivity contribution in [2.75, 3.05) is 12.4 Å². The van der Waals surface area contributed by atoms with E-state index in [9.17, 15) is 0 Å². The highest BCUT2D eigenvalue weighted by molar-refractivity contribution is 9.10. The van der Waals surface area contributed by atoms with E-state index in [1.807, 2.05) is 12.1 Å². The number of anilines is 1. The van der Waals surface area contributed by atoms with Crippen molar-refractivity contribution in [3.8, 4) is 5.88 Å². The van der Waals surface area contributed by atoms with E-state index in [0.717, 1.165) is 10.0 Å². The Morgan fingerprint density at radius 3 is 2.82 bits per heavy atom. The van der Waals surface area contributed by atoms with Gasteiger partial charge in [0.2, 0.25) is 11.8 Å². The van der Waals surface area contributed by atoms with E-state index < -0.39 is 0 Å². The topological polar surface area (TPSA) is 59.9 Å². The van der Waals surface area contributed by atoms with Crippen LogP contribution in [0.5, 0.6) is 5.88 Å². The first-order chi connectivity index (χ1) is 8.29. The maximum absolute atomic E-state index is 5.09. The number of methoxy groups -OCH3 is 1. The molecule has 2 heterocycles. The zero-order valence-electron chi connectivity index (χ0n) is 9.22. The lowest BCUT2D eigenvalue weighted by Gasteiger charge is -2.06. The summed E-state index contributed by atoms with van der Waals surface area (Å²) in [4.78, 5) is 12.3. The average Bonchev–Trinajstić information content (AvgIpc) is 2.39. The van der Waals surface area contributed by atoms with Crippen LogP contribution in [-0.4, -0.2) is 22.1 Å². The highest BCUT2D eigenvalue weighted by Gasteiger charge is 2.04. The van der Waals surface area contributed by atoms with Crippen molar-refractivity contribution in [3.63, 3.8) is 0 Å². The van der Waals surface area contributed by atoms with Crippen molar-refractivity contribution in [2.45, 2.75) is 6.54 Å². The second-order valence-electron chi connectivity index (χ2n) is 3.26. The van der Waals surface area contributed by atoms with E-state index in [1.54, 1.807) is 25.7 Å². The van der Waals surface area contributed by atoms with Crippen molar-refractivity contribution in [2.24, 2.45) is 0 Å². The number of hydrogen-bond acceptors (Lipinski definition) is 5. The fraction of sp³-hybridized carbons (Fsp3) is 0.182. The van der Waals surface area contributed by atoms with E-state index in [-0.39, 0.29) is 0 Å². The standard InChI is InChI=1S/C11H11BrN4O/c1-17-10-9(12)7-15-11(16-10)14-6-8-2-4-13-5-3-8/h2-5,7H,6H2,1H3,(H,14,15,16). The Balaban J connectivity index is 2.04. The van der Waals surface area contributed by atoms with Gasteiger partial charge in [-0.25, -0.2) is 4.98 Å². The van der Waals surface area contributed by atoms with E-state index >= 15 is 0 Å². The van der Waals surface area contributed by atoms with Crippen LogP contribution in [0.4, 0.5) is 5.95 Å². The lowest BCUT2D eigenvalue weighted by atomic mass is 10.3. The SMILES string of the molecule is COc1nc(NCc2ccncc2)ncc1Br.